The molecular weight excluding hydrogens is 188 g/mol. The summed E-state index contributed by atoms with van der Waals surface area (Å²) in [5, 5.41) is 3.49. The maximum Gasteiger partial charge on any atom is 0.249 e. The third-order valence-electron chi connectivity index (χ3n) is 3.66. The van der Waals surface area contributed by atoms with Gasteiger partial charge in [-0.15, -0.1) is 0 Å². The number of nitrogens with one attached hydrogen (secondary N) is 1. The molecule has 84 valence electrons. The molecule has 3 heteroatoms. The fourth-order valence-corrected chi connectivity index (χ4v) is 2.67. The van der Waals surface area contributed by atoms with E-state index in [4.69, 9.17) is 0 Å². The molecule has 2 rings (SSSR count). The molecule has 0 aromatic heterocycles. The fourth-order valence-electron chi connectivity index (χ4n) is 2.67. The first kappa shape index (κ1) is 10.7. The number of carbonyl (C=O) groups is 1. The Morgan fingerprint density at radius 1 is 1.47 bits per heavy atom. The van der Waals surface area contributed by atoms with E-state index in [1.165, 1.54) is 6.42 Å². The third-order valence-corrected chi connectivity index (χ3v) is 3.66. The van der Waals surface area contributed by atoms with E-state index in [-0.39, 0.29) is 5.91 Å². The molecule has 2 atom stereocenters. The van der Waals surface area contributed by atoms with Gasteiger partial charge in [-0.2, -0.15) is 0 Å². The van der Waals surface area contributed by atoms with Crippen LogP contribution >= 0.6 is 0 Å². The number of allylic oxidation sites excluding steroid dienone is 1. The van der Waals surface area contributed by atoms with Crippen LogP contribution in [-0.2, 0) is 4.79 Å². The Bertz CT molecular complexity index is 285. The summed E-state index contributed by atoms with van der Waals surface area (Å²) >= 11 is 0. The first-order valence-electron chi connectivity index (χ1n) is 5.91. The van der Waals surface area contributed by atoms with Crippen LogP contribution in [0.15, 0.2) is 11.6 Å². The summed E-state index contributed by atoms with van der Waals surface area (Å²) in [4.78, 5) is 14.2. The Morgan fingerprint density at radius 3 is 3.00 bits per heavy atom. The quantitative estimate of drug-likeness (QED) is 0.659. The molecule has 0 saturated carbocycles. The molecule has 15 heavy (non-hydrogen) atoms. The van der Waals surface area contributed by atoms with Gasteiger partial charge in [0.1, 0.15) is 0 Å². The number of carbonyl (C=O) groups excluding carboxylic acids is 1. The minimum absolute atomic E-state index is 0.232. The molecule has 3 nitrogen and oxygen atoms in total. The fraction of sp³-hybridized carbons (Fsp3) is 0.750. The van der Waals surface area contributed by atoms with Gasteiger partial charge in [-0.25, -0.2) is 0 Å². The average molecular weight is 208 g/mol. The van der Waals surface area contributed by atoms with Crippen molar-refractivity contribution in [3.63, 3.8) is 0 Å². The van der Waals surface area contributed by atoms with Crippen molar-refractivity contribution in [3.05, 3.63) is 11.6 Å². The first-order chi connectivity index (χ1) is 7.24. The summed E-state index contributed by atoms with van der Waals surface area (Å²) in [6.45, 7) is 5.84. The van der Waals surface area contributed by atoms with Crippen molar-refractivity contribution in [2.75, 3.05) is 13.1 Å². The maximum atomic E-state index is 12.1. The van der Waals surface area contributed by atoms with E-state index < -0.39 is 0 Å². The molecule has 2 fully saturated rings. The number of hydrogen-bond acceptors (Lipinski definition) is 2. The van der Waals surface area contributed by atoms with E-state index >= 15 is 0 Å². The molecule has 2 aliphatic rings. The zero-order valence-corrected chi connectivity index (χ0v) is 9.62. The Hall–Kier alpha value is -0.830. The van der Waals surface area contributed by atoms with Crippen LogP contribution in [0, 0.1) is 0 Å². The lowest BCUT2D eigenvalue weighted by atomic mass is 9.96. The molecule has 0 aliphatic carbocycles. The van der Waals surface area contributed by atoms with Crippen molar-refractivity contribution in [3.8, 4) is 0 Å². The van der Waals surface area contributed by atoms with Gasteiger partial charge in [-0.3, -0.25) is 4.79 Å². The van der Waals surface area contributed by atoms with Gasteiger partial charge in [-0.05, 0) is 39.7 Å². The second kappa shape index (κ2) is 4.35. The number of rotatable bonds is 1. The standard InChI is InChI=1S/C12H20N2O/c1-3-9(2)12(15)14-8-4-5-10-11(14)6-7-13-10/h3,10-11,13H,4-8H2,1-2H3/b9-3+. The topological polar surface area (TPSA) is 32.3 Å². The van der Waals surface area contributed by atoms with Gasteiger partial charge in [-0.1, -0.05) is 6.08 Å². The molecule has 2 heterocycles. The SMILES string of the molecule is C/C=C(\C)C(=O)N1CCCC2NCCC21. The molecule has 0 radical (unpaired) electrons. The summed E-state index contributed by atoms with van der Waals surface area (Å²) < 4.78 is 0. The monoisotopic (exact) mass is 208 g/mol. The highest BCUT2D eigenvalue weighted by Gasteiger charge is 2.37. The molecule has 1 N–H and O–H groups in total. The largest absolute Gasteiger partial charge is 0.334 e. The Morgan fingerprint density at radius 2 is 2.27 bits per heavy atom. The summed E-state index contributed by atoms with van der Waals surface area (Å²) in [7, 11) is 0. The lowest BCUT2D eigenvalue weighted by Crippen LogP contribution is -2.51. The molecule has 0 bridgehead atoms. The Labute approximate surface area is 91.5 Å². The highest BCUT2D eigenvalue weighted by Crippen LogP contribution is 2.25. The van der Waals surface area contributed by atoms with Crippen LogP contribution in [-0.4, -0.2) is 36.0 Å². The van der Waals surface area contributed by atoms with E-state index in [0.717, 1.165) is 31.5 Å². The maximum absolute atomic E-state index is 12.1. The summed E-state index contributed by atoms with van der Waals surface area (Å²) in [5.41, 5.74) is 0.877. The number of hydrogen-bond donors (Lipinski definition) is 1. The number of likely N-dealkylation sites (tertiary alicyclic amines) is 1. The minimum atomic E-state index is 0.232. The molecule has 2 unspecified atom stereocenters. The molecule has 2 aliphatic heterocycles. The highest BCUT2D eigenvalue weighted by atomic mass is 16.2. The van der Waals surface area contributed by atoms with Crippen molar-refractivity contribution in [1.82, 2.24) is 10.2 Å². The van der Waals surface area contributed by atoms with E-state index in [2.05, 4.69) is 10.2 Å². The third kappa shape index (κ3) is 1.93. The molecule has 2 saturated heterocycles. The van der Waals surface area contributed by atoms with Crippen LogP contribution in [0.3, 0.4) is 0 Å². The van der Waals surface area contributed by atoms with Gasteiger partial charge < -0.3 is 10.2 Å². The van der Waals surface area contributed by atoms with Gasteiger partial charge in [0.25, 0.3) is 0 Å². The van der Waals surface area contributed by atoms with Crippen molar-refractivity contribution < 1.29 is 4.79 Å². The second-order valence-corrected chi connectivity index (χ2v) is 4.53. The van der Waals surface area contributed by atoms with Gasteiger partial charge in [0.2, 0.25) is 5.91 Å². The average Bonchev–Trinajstić information content (AvgIpc) is 2.74. The van der Waals surface area contributed by atoms with E-state index in [1.54, 1.807) is 0 Å². The van der Waals surface area contributed by atoms with Gasteiger partial charge >= 0.3 is 0 Å². The van der Waals surface area contributed by atoms with E-state index in [1.807, 2.05) is 19.9 Å². The molecule has 0 spiro atoms. The number of amides is 1. The van der Waals surface area contributed by atoms with Crippen LogP contribution in [0.25, 0.3) is 0 Å². The van der Waals surface area contributed by atoms with Crippen molar-refractivity contribution in [2.45, 2.75) is 45.2 Å². The van der Waals surface area contributed by atoms with E-state index in [0.29, 0.717) is 12.1 Å². The van der Waals surface area contributed by atoms with Crippen LogP contribution in [0.2, 0.25) is 0 Å². The normalized spacial score (nSPS) is 31.6. The zero-order chi connectivity index (χ0) is 10.8. The van der Waals surface area contributed by atoms with Gasteiger partial charge in [0, 0.05) is 24.2 Å². The Balaban J connectivity index is 2.10. The number of nitrogens with zero attached hydrogens (tertiary/aromatic N) is 1. The second-order valence-electron chi connectivity index (χ2n) is 4.53. The van der Waals surface area contributed by atoms with E-state index in [9.17, 15) is 4.79 Å². The molecular formula is C12H20N2O. The highest BCUT2D eigenvalue weighted by molar-refractivity contribution is 5.93. The molecule has 0 aromatic carbocycles. The smallest absolute Gasteiger partial charge is 0.249 e. The number of piperidine rings is 1. The van der Waals surface area contributed by atoms with Crippen molar-refractivity contribution >= 4 is 5.91 Å². The van der Waals surface area contributed by atoms with Crippen molar-refractivity contribution in [1.29, 1.82) is 0 Å². The van der Waals surface area contributed by atoms with Crippen molar-refractivity contribution in [2.24, 2.45) is 0 Å². The van der Waals surface area contributed by atoms with Gasteiger partial charge in [0.15, 0.2) is 0 Å². The molecule has 0 aromatic rings. The summed E-state index contributed by atoms with van der Waals surface area (Å²) in [6.07, 6.45) is 5.39. The van der Waals surface area contributed by atoms with Gasteiger partial charge in [0.05, 0.1) is 0 Å². The lowest BCUT2D eigenvalue weighted by Gasteiger charge is -2.37. The predicted molar refractivity (Wildman–Crippen MR) is 60.6 cm³/mol. The van der Waals surface area contributed by atoms with Crippen LogP contribution in [0.5, 0.6) is 0 Å². The zero-order valence-electron chi connectivity index (χ0n) is 9.62. The first-order valence-corrected chi connectivity index (χ1v) is 5.91. The van der Waals surface area contributed by atoms with Crippen LogP contribution in [0.1, 0.15) is 33.1 Å². The Kier molecular flexibility index (Phi) is 3.10. The molecule has 1 amide bonds. The lowest BCUT2D eigenvalue weighted by molar-refractivity contribution is -0.130. The van der Waals surface area contributed by atoms with Crippen LogP contribution in [0.4, 0.5) is 0 Å². The number of fused-ring (bicyclic) bond motifs is 1. The minimum Gasteiger partial charge on any atom is -0.334 e. The predicted octanol–water partition coefficient (Wildman–Crippen LogP) is 1.31. The summed E-state index contributed by atoms with van der Waals surface area (Å²) in [5.74, 6) is 0.232. The summed E-state index contributed by atoms with van der Waals surface area (Å²) in [6, 6.07) is 0.994. The van der Waals surface area contributed by atoms with Crippen LogP contribution < -0.4 is 5.32 Å².